The summed E-state index contributed by atoms with van der Waals surface area (Å²) in [7, 11) is 0. The molecule has 5 nitrogen and oxygen atoms in total. The Morgan fingerprint density at radius 3 is 2.68 bits per heavy atom. The molecular formula is C13H18FN3O2. The second kappa shape index (κ2) is 7.35. The zero-order valence-electron chi connectivity index (χ0n) is 10.8. The molecular weight excluding hydrogens is 249 g/mol. The maximum Gasteiger partial charge on any atom is 0.254 e. The summed E-state index contributed by atoms with van der Waals surface area (Å²) in [4.78, 5) is 23.0. The van der Waals surface area contributed by atoms with E-state index in [-0.39, 0.29) is 24.4 Å². The van der Waals surface area contributed by atoms with E-state index in [1.54, 1.807) is 0 Å². The maximum absolute atomic E-state index is 13.4. The van der Waals surface area contributed by atoms with Gasteiger partial charge >= 0.3 is 0 Å². The molecule has 0 atom stereocenters. The minimum absolute atomic E-state index is 0.117. The molecule has 0 fully saturated rings. The van der Waals surface area contributed by atoms with Gasteiger partial charge in [0.25, 0.3) is 5.91 Å². The summed E-state index contributed by atoms with van der Waals surface area (Å²) in [5, 5.41) is 5.16. The number of hydrogen-bond acceptors (Lipinski definition) is 3. The lowest BCUT2D eigenvalue weighted by atomic mass is 10.1. The van der Waals surface area contributed by atoms with E-state index in [4.69, 9.17) is 5.73 Å². The molecule has 0 unspecified atom stereocenters. The Balaban J connectivity index is 2.43. The number of halogens is 1. The van der Waals surface area contributed by atoms with Gasteiger partial charge in [-0.25, -0.2) is 4.39 Å². The van der Waals surface area contributed by atoms with Gasteiger partial charge in [0, 0.05) is 25.2 Å². The Hall–Kier alpha value is -2.11. The number of nitrogens with two attached hydrogens (primary N) is 1. The van der Waals surface area contributed by atoms with Crippen molar-refractivity contribution in [2.75, 3.05) is 18.8 Å². The Kier molecular flexibility index (Phi) is 5.78. The highest BCUT2D eigenvalue weighted by atomic mass is 19.1. The summed E-state index contributed by atoms with van der Waals surface area (Å²) in [6.45, 7) is 2.71. The highest BCUT2D eigenvalue weighted by molar-refractivity contribution is 5.95. The van der Waals surface area contributed by atoms with E-state index in [9.17, 15) is 14.0 Å². The van der Waals surface area contributed by atoms with Crippen molar-refractivity contribution >= 4 is 17.5 Å². The molecule has 0 aliphatic carbocycles. The van der Waals surface area contributed by atoms with Crippen LogP contribution < -0.4 is 16.4 Å². The molecule has 1 aromatic carbocycles. The standard InChI is InChI=1S/C13H18FN3O2/c1-2-6-16-12(18)5-7-17-13(19)10-8-9(15)3-4-11(10)14/h3-4,8H,2,5-7,15H2,1H3,(H,16,18)(H,17,19). The van der Waals surface area contributed by atoms with Crippen LogP contribution in [0.3, 0.4) is 0 Å². The molecule has 4 N–H and O–H groups in total. The molecule has 0 radical (unpaired) electrons. The fraction of sp³-hybridized carbons (Fsp3) is 0.385. The lowest BCUT2D eigenvalue weighted by molar-refractivity contribution is -0.120. The number of amides is 2. The predicted molar refractivity (Wildman–Crippen MR) is 71.1 cm³/mol. The molecule has 0 spiro atoms. The first-order chi connectivity index (χ1) is 9.04. The zero-order chi connectivity index (χ0) is 14.3. The maximum atomic E-state index is 13.4. The number of benzene rings is 1. The van der Waals surface area contributed by atoms with Crippen molar-refractivity contribution in [1.29, 1.82) is 0 Å². The molecule has 1 rings (SSSR count). The van der Waals surface area contributed by atoms with Crippen LogP contribution in [0, 0.1) is 5.82 Å². The lowest BCUT2D eigenvalue weighted by Crippen LogP contribution is -2.31. The normalized spacial score (nSPS) is 10.0. The SMILES string of the molecule is CCCNC(=O)CCNC(=O)c1cc(N)ccc1F. The van der Waals surface area contributed by atoms with Gasteiger partial charge in [-0.2, -0.15) is 0 Å². The third-order valence-electron chi connectivity index (χ3n) is 2.44. The van der Waals surface area contributed by atoms with Gasteiger partial charge in [-0.15, -0.1) is 0 Å². The first kappa shape index (κ1) is 14.9. The van der Waals surface area contributed by atoms with Gasteiger partial charge in [-0.3, -0.25) is 9.59 Å². The molecule has 0 aliphatic rings. The number of rotatable bonds is 6. The van der Waals surface area contributed by atoms with Gasteiger partial charge in [-0.1, -0.05) is 6.92 Å². The average Bonchev–Trinajstić information content (AvgIpc) is 2.39. The van der Waals surface area contributed by atoms with Crippen LogP contribution in [0.4, 0.5) is 10.1 Å². The third-order valence-corrected chi connectivity index (χ3v) is 2.44. The quantitative estimate of drug-likeness (QED) is 0.674. The van der Waals surface area contributed by atoms with Crippen molar-refractivity contribution in [3.05, 3.63) is 29.6 Å². The molecule has 6 heteroatoms. The molecule has 104 valence electrons. The van der Waals surface area contributed by atoms with Gasteiger partial charge in [0.2, 0.25) is 5.91 Å². The van der Waals surface area contributed by atoms with Crippen molar-refractivity contribution in [3.63, 3.8) is 0 Å². The largest absolute Gasteiger partial charge is 0.399 e. The van der Waals surface area contributed by atoms with E-state index in [0.717, 1.165) is 12.5 Å². The Labute approximate surface area is 111 Å². The summed E-state index contributed by atoms with van der Waals surface area (Å²) >= 11 is 0. The summed E-state index contributed by atoms with van der Waals surface area (Å²) < 4.78 is 13.4. The van der Waals surface area contributed by atoms with E-state index in [2.05, 4.69) is 10.6 Å². The van der Waals surface area contributed by atoms with Gasteiger partial charge in [0.1, 0.15) is 5.82 Å². The zero-order valence-corrected chi connectivity index (χ0v) is 10.8. The molecule has 0 aromatic heterocycles. The van der Waals surface area contributed by atoms with E-state index < -0.39 is 11.7 Å². The minimum atomic E-state index is -0.637. The van der Waals surface area contributed by atoms with Crippen molar-refractivity contribution in [2.24, 2.45) is 0 Å². The monoisotopic (exact) mass is 267 g/mol. The Bertz CT molecular complexity index is 463. The van der Waals surface area contributed by atoms with Crippen molar-refractivity contribution < 1.29 is 14.0 Å². The number of anilines is 1. The first-order valence-corrected chi connectivity index (χ1v) is 6.14. The van der Waals surface area contributed by atoms with Crippen LogP contribution in [0.15, 0.2) is 18.2 Å². The fourth-order valence-electron chi connectivity index (χ4n) is 1.45. The summed E-state index contributed by atoms with van der Waals surface area (Å²) in [6, 6.07) is 3.78. The lowest BCUT2D eigenvalue weighted by Gasteiger charge is -2.07. The van der Waals surface area contributed by atoms with Gasteiger partial charge in [0.15, 0.2) is 0 Å². The predicted octanol–water partition coefficient (Wildman–Crippen LogP) is 1.05. The highest BCUT2D eigenvalue weighted by Crippen LogP contribution is 2.11. The van der Waals surface area contributed by atoms with Crippen LogP contribution in [0.1, 0.15) is 30.1 Å². The van der Waals surface area contributed by atoms with Crippen molar-refractivity contribution in [3.8, 4) is 0 Å². The van der Waals surface area contributed by atoms with E-state index >= 15 is 0 Å². The second-order valence-corrected chi connectivity index (χ2v) is 4.10. The second-order valence-electron chi connectivity index (χ2n) is 4.10. The third kappa shape index (κ3) is 4.95. The Morgan fingerprint density at radius 1 is 1.26 bits per heavy atom. The first-order valence-electron chi connectivity index (χ1n) is 6.14. The van der Waals surface area contributed by atoms with Crippen LogP contribution in [0.5, 0.6) is 0 Å². The van der Waals surface area contributed by atoms with Crippen molar-refractivity contribution in [2.45, 2.75) is 19.8 Å². The van der Waals surface area contributed by atoms with Crippen LogP contribution in [-0.2, 0) is 4.79 Å². The number of carbonyl (C=O) groups is 2. The molecule has 0 heterocycles. The molecule has 0 aliphatic heterocycles. The van der Waals surface area contributed by atoms with Gasteiger partial charge < -0.3 is 16.4 Å². The molecule has 0 saturated heterocycles. The van der Waals surface area contributed by atoms with Crippen LogP contribution in [-0.4, -0.2) is 24.9 Å². The minimum Gasteiger partial charge on any atom is -0.399 e. The number of nitrogens with one attached hydrogen (secondary N) is 2. The number of nitrogen functional groups attached to an aromatic ring is 1. The van der Waals surface area contributed by atoms with E-state index in [1.165, 1.54) is 12.1 Å². The number of carbonyl (C=O) groups excluding carboxylic acids is 2. The smallest absolute Gasteiger partial charge is 0.254 e. The number of hydrogen-bond donors (Lipinski definition) is 3. The molecule has 2 amide bonds. The highest BCUT2D eigenvalue weighted by Gasteiger charge is 2.11. The van der Waals surface area contributed by atoms with Crippen molar-refractivity contribution in [1.82, 2.24) is 10.6 Å². The van der Waals surface area contributed by atoms with Gasteiger partial charge in [-0.05, 0) is 24.6 Å². The van der Waals surface area contributed by atoms with Gasteiger partial charge in [0.05, 0.1) is 5.56 Å². The topological polar surface area (TPSA) is 84.2 Å². The van der Waals surface area contributed by atoms with E-state index in [0.29, 0.717) is 12.2 Å². The molecule has 0 bridgehead atoms. The summed E-state index contributed by atoms with van der Waals surface area (Å²) in [5.74, 6) is -1.36. The Morgan fingerprint density at radius 2 is 2.00 bits per heavy atom. The average molecular weight is 267 g/mol. The fourth-order valence-corrected chi connectivity index (χ4v) is 1.45. The van der Waals surface area contributed by atoms with Crippen LogP contribution in [0.2, 0.25) is 0 Å². The molecule has 1 aromatic rings. The molecule has 0 saturated carbocycles. The summed E-state index contributed by atoms with van der Waals surface area (Å²) in [6.07, 6.45) is 1.02. The molecule has 19 heavy (non-hydrogen) atoms. The van der Waals surface area contributed by atoms with E-state index in [1.807, 2.05) is 6.92 Å². The summed E-state index contributed by atoms with van der Waals surface area (Å²) in [5.41, 5.74) is 5.68. The van der Waals surface area contributed by atoms with Crippen LogP contribution >= 0.6 is 0 Å². The van der Waals surface area contributed by atoms with Crippen LogP contribution in [0.25, 0.3) is 0 Å².